The topological polar surface area (TPSA) is 96.0 Å². The highest BCUT2D eigenvalue weighted by atomic mass is 16.5. The van der Waals surface area contributed by atoms with Gasteiger partial charge in [-0.1, -0.05) is 30.3 Å². The first-order valence-electron chi connectivity index (χ1n) is 11.1. The number of aromatic amines is 1. The molecule has 0 aliphatic carbocycles. The number of pyridine rings is 1. The molecule has 1 amide bonds. The average Bonchev–Trinajstić information content (AvgIpc) is 3.28. The van der Waals surface area contributed by atoms with E-state index in [4.69, 9.17) is 4.74 Å². The molecule has 0 saturated carbocycles. The molecule has 0 bridgehead atoms. The van der Waals surface area contributed by atoms with Crippen molar-refractivity contribution in [3.63, 3.8) is 0 Å². The van der Waals surface area contributed by atoms with Gasteiger partial charge in [-0.3, -0.25) is 4.79 Å². The van der Waals surface area contributed by atoms with Gasteiger partial charge in [-0.05, 0) is 25.0 Å². The molecule has 3 aromatic heterocycles. The zero-order valence-corrected chi connectivity index (χ0v) is 18.5. The number of carbonyl (C=O) groups excluding carboxylic acids is 1. The minimum atomic E-state index is -0.278. The van der Waals surface area contributed by atoms with Gasteiger partial charge in [0.2, 0.25) is 5.82 Å². The molecule has 1 aromatic carbocycles. The van der Waals surface area contributed by atoms with Crippen LogP contribution in [0.15, 0.2) is 61.2 Å². The maximum Gasteiger partial charge on any atom is 0.289 e. The Morgan fingerprint density at radius 2 is 1.88 bits per heavy atom. The quantitative estimate of drug-likeness (QED) is 0.476. The highest BCUT2D eigenvalue weighted by Gasteiger charge is 2.16. The van der Waals surface area contributed by atoms with Crippen LogP contribution in [0.3, 0.4) is 0 Å². The van der Waals surface area contributed by atoms with E-state index in [0.717, 1.165) is 60.6 Å². The number of amides is 1. The third kappa shape index (κ3) is 4.70. The number of fused-ring (bicyclic) bond motifs is 1. The fraction of sp³-hybridized carbons (Fsp3) is 0.280. The normalized spacial score (nSPS) is 14.9. The van der Waals surface area contributed by atoms with E-state index in [9.17, 15) is 4.79 Å². The summed E-state index contributed by atoms with van der Waals surface area (Å²) in [6, 6.07) is 12.2. The number of carbonyl (C=O) groups is 1. The summed E-state index contributed by atoms with van der Waals surface area (Å²) in [6.07, 6.45) is 7.91. The summed E-state index contributed by atoms with van der Waals surface area (Å²) in [4.78, 5) is 31.3. The fourth-order valence-electron chi connectivity index (χ4n) is 4.12. The Morgan fingerprint density at radius 1 is 1.12 bits per heavy atom. The number of ether oxygens (including phenoxy) is 1. The number of hydrogen-bond donors (Lipinski definition) is 2. The van der Waals surface area contributed by atoms with Gasteiger partial charge in [-0.15, -0.1) is 0 Å². The number of benzene rings is 1. The highest BCUT2D eigenvalue weighted by molar-refractivity contribution is 5.95. The first kappa shape index (κ1) is 21.1. The van der Waals surface area contributed by atoms with E-state index in [0.29, 0.717) is 0 Å². The number of morpholine rings is 1. The predicted octanol–water partition coefficient (Wildman–Crippen LogP) is 3.22. The molecule has 33 heavy (non-hydrogen) atoms. The molecule has 1 aliphatic rings. The third-order valence-corrected chi connectivity index (χ3v) is 5.82. The Kier molecular flexibility index (Phi) is 5.99. The summed E-state index contributed by atoms with van der Waals surface area (Å²) in [7, 11) is 0. The lowest BCUT2D eigenvalue weighted by Gasteiger charge is -2.28. The number of H-pyrrole nitrogens is 1. The van der Waals surface area contributed by atoms with Crippen LogP contribution >= 0.6 is 0 Å². The molecule has 8 nitrogen and oxygen atoms in total. The smallest absolute Gasteiger partial charge is 0.289 e. The molecule has 168 valence electrons. The van der Waals surface area contributed by atoms with E-state index in [1.54, 1.807) is 12.4 Å². The van der Waals surface area contributed by atoms with Crippen LogP contribution in [-0.2, 0) is 11.2 Å². The molecule has 8 heteroatoms. The zero-order chi connectivity index (χ0) is 22.6. The monoisotopic (exact) mass is 442 g/mol. The first-order chi connectivity index (χ1) is 16.2. The SMILES string of the molecule is C[C@H](Cc1ccccc1)NC(=O)c1ncc(-c2c[nH]c3ncc(N4CCOCC4)cc23)cn1. The first-order valence-corrected chi connectivity index (χ1v) is 11.1. The molecule has 1 aliphatic heterocycles. The molecule has 4 aromatic rings. The van der Waals surface area contributed by atoms with E-state index >= 15 is 0 Å². The van der Waals surface area contributed by atoms with Crippen LogP contribution in [0.1, 0.15) is 23.1 Å². The van der Waals surface area contributed by atoms with Crippen molar-refractivity contribution in [3.05, 3.63) is 72.6 Å². The number of nitrogens with zero attached hydrogens (tertiary/aromatic N) is 4. The van der Waals surface area contributed by atoms with Crippen LogP contribution in [0.5, 0.6) is 0 Å². The Hall–Kier alpha value is -3.78. The molecule has 4 heterocycles. The van der Waals surface area contributed by atoms with Crippen molar-refractivity contribution in [1.29, 1.82) is 0 Å². The molecule has 0 radical (unpaired) electrons. The second kappa shape index (κ2) is 9.38. The van der Waals surface area contributed by atoms with E-state index < -0.39 is 0 Å². The van der Waals surface area contributed by atoms with E-state index in [1.165, 1.54) is 5.56 Å². The number of anilines is 1. The Morgan fingerprint density at radius 3 is 2.64 bits per heavy atom. The lowest BCUT2D eigenvalue weighted by atomic mass is 10.1. The molecule has 0 unspecified atom stereocenters. The summed E-state index contributed by atoms with van der Waals surface area (Å²) >= 11 is 0. The summed E-state index contributed by atoms with van der Waals surface area (Å²) in [6.45, 7) is 5.12. The zero-order valence-electron chi connectivity index (χ0n) is 18.5. The molecule has 1 atom stereocenters. The number of nitrogens with one attached hydrogen (secondary N) is 2. The molecule has 1 fully saturated rings. The van der Waals surface area contributed by atoms with Crippen LogP contribution in [0.2, 0.25) is 0 Å². The van der Waals surface area contributed by atoms with Crippen LogP contribution < -0.4 is 10.2 Å². The number of hydrogen-bond acceptors (Lipinski definition) is 6. The van der Waals surface area contributed by atoms with Crippen molar-refractivity contribution in [2.75, 3.05) is 31.2 Å². The van der Waals surface area contributed by atoms with Gasteiger partial charge in [0.05, 0.1) is 25.1 Å². The summed E-state index contributed by atoms with van der Waals surface area (Å²) in [5, 5.41) is 3.97. The molecule has 1 saturated heterocycles. The lowest BCUT2D eigenvalue weighted by Crippen LogP contribution is -2.36. The summed E-state index contributed by atoms with van der Waals surface area (Å²) in [5.41, 5.74) is 4.83. The van der Waals surface area contributed by atoms with Gasteiger partial charge < -0.3 is 19.9 Å². The second-order valence-corrected chi connectivity index (χ2v) is 8.25. The molecular formula is C25H26N6O2. The van der Waals surface area contributed by atoms with Crippen LogP contribution in [0.4, 0.5) is 5.69 Å². The Bertz CT molecular complexity index is 1230. The minimum Gasteiger partial charge on any atom is -0.378 e. The van der Waals surface area contributed by atoms with Gasteiger partial charge in [0.25, 0.3) is 5.91 Å². The summed E-state index contributed by atoms with van der Waals surface area (Å²) < 4.78 is 5.45. The summed E-state index contributed by atoms with van der Waals surface area (Å²) in [5.74, 6) is -0.120. The third-order valence-electron chi connectivity index (χ3n) is 5.82. The number of rotatable bonds is 6. The van der Waals surface area contributed by atoms with Gasteiger partial charge in [0.1, 0.15) is 5.65 Å². The van der Waals surface area contributed by atoms with Crippen molar-refractivity contribution >= 4 is 22.6 Å². The van der Waals surface area contributed by atoms with Gasteiger partial charge in [0.15, 0.2) is 0 Å². The van der Waals surface area contributed by atoms with E-state index in [-0.39, 0.29) is 17.8 Å². The van der Waals surface area contributed by atoms with Crippen molar-refractivity contribution < 1.29 is 9.53 Å². The van der Waals surface area contributed by atoms with Crippen molar-refractivity contribution in [2.45, 2.75) is 19.4 Å². The van der Waals surface area contributed by atoms with Gasteiger partial charge in [-0.2, -0.15) is 0 Å². The van der Waals surface area contributed by atoms with Gasteiger partial charge in [0, 0.05) is 54.2 Å². The molecule has 0 spiro atoms. The minimum absolute atomic E-state index is 0.0264. The fourth-order valence-corrected chi connectivity index (χ4v) is 4.12. The highest BCUT2D eigenvalue weighted by Crippen LogP contribution is 2.30. The van der Waals surface area contributed by atoms with Crippen molar-refractivity contribution in [3.8, 4) is 11.1 Å². The second-order valence-electron chi connectivity index (χ2n) is 8.25. The Balaban J connectivity index is 1.31. The largest absolute Gasteiger partial charge is 0.378 e. The van der Waals surface area contributed by atoms with Crippen LogP contribution in [-0.4, -0.2) is 58.2 Å². The standard InChI is InChI=1S/C25H26N6O2/c1-17(11-18-5-3-2-4-6-18)30-25(32)24-26-13-19(14-27-24)22-16-29-23-21(22)12-20(15-28-23)31-7-9-33-10-8-31/h2-6,12-17H,7-11H2,1H3,(H,28,29)(H,30,32)/t17-/m1/s1. The predicted molar refractivity (Wildman–Crippen MR) is 127 cm³/mol. The molecule has 5 rings (SSSR count). The maximum absolute atomic E-state index is 12.6. The van der Waals surface area contributed by atoms with Gasteiger partial charge >= 0.3 is 0 Å². The van der Waals surface area contributed by atoms with Crippen molar-refractivity contribution in [1.82, 2.24) is 25.3 Å². The van der Waals surface area contributed by atoms with E-state index in [2.05, 4.69) is 48.4 Å². The van der Waals surface area contributed by atoms with Crippen molar-refractivity contribution in [2.24, 2.45) is 0 Å². The maximum atomic E-state index is 12.6. The molecule has 2 N–H and O–H groups in total. The van der Waals surface area contributed by atoms with Crippen LogP contribution in [0, 0.1) is 0 Å². The Labute approximate surface area is 192 Å². The average molecular weight is 443 g/mol. The van der Waals surface area contributed by atoms with E-state index in [1.807, 2.05) is 37.5 Å². The number of aromatic nitrogens is 4. The lowest BCUT2D eigenvalue weighted by molar-refractivity contribution is 0.0929. The van der Waals surface area contributed by atoms with Gasteiger partial charge in [-0.25, -0.2) is 15.0 Å². The molecular weight excluding hydrogens is 416 g/mol. The van der Waals surface area contributed by atoms with Crippen LogP contribution in [0.25, 0.3) is 22.2 Å².